The third kappa shape index (κ3) is 3.56. The quantitative estimate of drug-likeness (QED) is 0.376. The van der Waals surface area contributed by atoms with Gasteiger partial charge in [0.15, 0.2) is 0 Å². The molecule has 0 aliphatic carbocycles. The number of hydrogen-bond acceptors (Lipinski definition) is 4. The van der Waals surface area contributed by atoms with Crippen LogP contribution in [0.1, 0.15) is 11.1 Å². The first-order chi connectivity index (χ1) is 14.1. The van der Waals surface area contributed by atoms with Gasteiger partial charge in [-0.1, -0.05) is 12.1 Å². The molecule has 0 unspecified atom stereocenters. The normalized spacial score (nSPS) is 11.8. The lowest BCUT2D eigenvalue weighted by Gasteiger charge is -2.16. The number of benzene rings is 2. The maximum atomic E-state index is 13.5. The molecule has 0 amide bonds. The Morgan fingerprint density at radius 3 is 2.50 bits per heavy atom. The van der Waals surface area contributed by atoms with Crippen molar-refractivity contribution in [1.82, 2.24) is 9.78 Å². The number of ether oxygens (including phenoxy) is 1. The number of rotatable bonds is 3. The fourth-order valence-electron chi connectivity index (χ4n) is 3.15. The van der Waals surface area contributed by atoms with Crippen molar-refractivity contribution in [2.45, 2.75) is 13.1 Å². The highest BCUT2D eigenvalue weighted by Crippen LogP contribution is 2.41. The van der Waals surface area contributed by atoms with Gasteiger partial charge in [0.2, 0.25) is 0 Å². The van der Waals surface area contributed by atoms with E-state index in [9.17, 15) is 22.4 Å². The Morgan fingerprint density at radius 2 is 1.80 bits per heavy atom. The van der Waals surface area contributed by atoms with Crippen LogP contribution in [-0.2, 0) is 13.2 Å². The van der Waals surface area contributed by atoms with Crippen LogP contribution in [0, 0.1) is 12.7 Å². The first kappa shape index (κ1) is 20.1. The summed E-state index contributed by atoms with van der Waals surface area (Å²) in [5.74, 6) is -0.534. The Bertz CT molecular complexity index is 1330. The van der Waals surface area contributed by atoms with Crippen molar-refractivity contribution >= 4 is 21.4 Å². The number of thiophene rings is 1. The van der Waals surface area contributed by atoms with E-state index in [0.29, 0.717) is 26.8 Å². The van der Waals surface area contributed by atoms with Crippen molar-refractivity contribution in [2.75, 3.05) is 0 Å². The van der Waals surface area contributed by atoms with E-state index in [1.54, 1.807) is 18.4 Å². The summed E-state index contributed by atoms with van der Waals surface area (Å²) in [5, 5.41) is 6.12. The minimum atomic E-state index is -4.58. The van der Waals surface area contributed by atoms with Gasteiger partial charge >= 0.3 is 6.18 Å². The van der Waals surface area contributed by atoms with Gasteiger partial charge in [-0.15, -0.1) is 16.4 Å². The van der Waals surface area contributed by atoms with E-state index >= 15 is 0 Å². The van der Waals surface area contributed by atoms with E-state index in [2.05, 4.69) is 5.10 Å². The number of aryl methyl sites for hydroxylation is 2. The van der Waals surface area contributed by atoms with Crippen molar-refractivity contribution in [3.8, 4) is 22.8 Å². The molecule has 4 aromatic rings. The number of fused-ring (bicyclic) bond motifs is 1. The molecule has 0 spiro atoms. The van der Waals surface area contributed by atoms with Crippen LogP contribution in [0.5, 0.6) is 11.6 Å². The fourth-order valence-corrected chi connectivity index (χ4v) is 3.96. The molecule has 0 radical (unpaired) electrons. The molecule has 4 rings (SSSR count). The molecule has 0 bridgehead atoms. The van der Waals surface area contributed by atoms with Gasteiger partial charge in [-0.2, -0.15) is 13.2 Å². The lowest BCUT2D eigenvalue weighted by molar-refractivity contribution is -0.137. The molecule has 0 N–H and O–H groups in total. The average Bonchev–Trinajstić information content (AvgIpc) is 3.16. The molecule has 9 heteroatoms. The summed E-state index contributed by atoms with van der Waals surface area (Å²) in [4.78, 5) is 12.2. The zero-order valence-electron chi connectivity index (χ0n) is 15.7. The van der Waals surface area contributed by atoms with Crippen molar-refractivity contribution < 1.29 is 22.3 Å². The monoisotopic (exact) mass is 434 g/mol. The predicted molar refractivity (Wildman–Crippen MR) is 107 cm³/mol. The van der Waals surface area contributed by atoms with Crippen molar-refractivity contribution in [2.24, 2.45) is 7.05 Å². The van der Waals surface area contributed by atoms with Crippen LogP contribution in [0.25, 0.3) is 21.2 Å². The Kier molecular flexibility index (Phi) is 4.85. The lowest BCUT2D eigenvalue weighted by atomic mass is 9.98. The van der Waals surface area contributed by atoms with Crippen LogP contribution < -0.4 is 10.3 Å². The van der Waals surface area contributed by atoms with Crippen LogP contribution in [0.15, 0.2) is 52.6 Å². The van der Waals surface area contributed by atoms with E-state index in [-0.39, 0.29) is 17.2 Å². The van der Waals surface area contributed by atoms with E-state index in [4.69, 9.17) is 4.74 Å². The summed E-state index contributed by atoms with van der Waals surface area (Å²) in [6, 6.07) is 8.71. The predicted octanol–water partition coefficient (Wildman–Crippen LogP) is 5.92. The van der Waals surface area contributed by atoms with Crippen LogP contribution in [-0.4, -0.2) is 9.78 Å². The summed E-state index contributed by atoms with van der Waals surface area (Å²) in [7, 11) is 1.43. The first-order valence-electron chi connectivity index (χ1n) is 8.75. The topological polar surface area (TPSA) is 44.1 Å². The SMILES string of the molecule is Cc1cc(F)ccc1-c1ccc(C(F)(F)F)cc1Oc1nn(C)c(=O)c2ccsc12. The van der Waals surface area contributed by atoms with Crippen molar-refractivity contribution in [3.05, 3.63) is 75.1 Å². The molecule has 0 fully saturated rings. The summed E-state index contributed by atoms with van der Waals surface area (Å²) in [5.41, 5.74) is 0.174. The zero-order chi connectivity index (χ0) is 21.6. The molecule has 154 valence electrons. The highest BCUT2D eigenvalue weighted by atomic mass is 32.1. The lowest BCUT2D eigenvalue weighted by Crippen LogP contribution is -2.19. The average molecular weight is 434 g/mol. The Hall–Kier alpha value is -3.20. The summed E-state index contributed by atoms with van der Waals surface area (Å²) in [6.45, 7) is 1.65. The van der Waals surface area contributed by atoms with E-state index in [1.807, 2.05) is 0 Å². The van der Waals surface area contributed by atoms with Gasteiger partial charge in [0, 0.05) is 12.6 Å². The largest absolute Gasteiger partial charge is 0.436 e. The molecule has 4 nitrogen and oxygen atoms in total. The third-order valence-corrected chi connectivity index (χ3v) is 5.52. The van der Waals surface area contributed by atoms with Crippen LogP contribution in [0.3, 0.4) is 0 Å². The van der Waals surface area contributed by atoms with Gasteiger partial charge in [0.05, 0.1) is 10.9 Å². The smallest absolute Gasteiger partial charge is 0.416 e. The molecule has 0 saturated heterocycles. The second kappa shape index (κ2) is 7.24. The fraction of sp³-hybridized carbons (Fsp3) is 0.143. The van der Waals surface area contributed by atoms with E-state index in [0.717, 1.165) is 16.8 Å². The first-order valence-corrected chi connectivity index (χ1v) is 9.63. The number of alkyl halides is 3. The summed E-state index contributed by atoms with van der Waals surface area (Å²) < 4.78 is 60.9. The van der Waals surface area contributed by atoms with Crippen LogP contribution >= 0.6 is 11.3 Å². The number of nitrogens with zero attached hydrogens (tertiary/aromatic N) is 2. The van der Waals surface area contributed by atoms with Gasteiger partial charge in [-0.05, 0) is 53.8 Å². The van der Waals surface area contributed by atoms with Gasteiger partial charge in [0.25, 0.3) is 11.4 Å². The minimum Gasteiger partial charge on any atom is -0.436 e. The molecule has 0 atom stereocenters. The third-order valence-electron chi connectivity index (χ3n) is 4.62. The van der Waals surface area contributed by atoms with Gasteiger partial charge in [-0.25, -0.2) is 9.07 Å². The molecular weight excluding hydrogens is 420 g/mol. The Balaban J connectivity index is 1.93. The van der Waals surface area contributed by atoms with E-state index in [1.165, 1.54) is 42.6 Å². The molecule has 0 saturated carbocycles. The number of aromatic nitrogens is 2. The zero-order valence-corrected chi connectivity index (χ0v) is 16.6. The van der Waals surface area contributed by atoms with Crippen molar-refractivity contribution in [3.63, 3.8) is 0 Å². The Labute approximate surface area is 172 Å². The maximum absolute atomic E-state index is 13.5. The van der Waals surface area contributed by atoms with Crippen molar-refractivity contribution in [1.29, 1.82) is 0 Å². The highest BCUT2D eigenvalue weighted by molar-refractivity contribution is 7.17. The number of halogens is 4. The molecule has 2 aromatic heterocycles. The summed E-state index contributed by atoms with van der Waals surface area (Å²) >= 11 is 1.20. The van der Waals surface area contributed by atoms with Gasteiger partial charge in [-0.3, -0.25) is 4.79 Å². The second-order valence-electron chi connectivity index (χ2n) is 6.67. The number of hydrogen-bond donors (Lipinski definition) is 0. The summed E-state index contributed by atoms with van der Waals surface area (Å²) in [6.07, 6.45) is -4.58. The molecule has 30 heavy (non-hydrogen) atoms. The van der Waals surface area contributed by atoms with Crippen LogP contribution in [0.4, 0.5) is 17.6 Å². The Morgan fingerprint density at radius 1 is 1.07 bits per heavy atom. The molecular formula is C21H14F4N2O2S. The molecule has 2 heterocycles. The van der Waals surface area contributed by atoms with E-state index < -0.39 is 17.6 Å². The standard InChI is InChI=1S/C21H14F4N2O2S/c1-11-9-13(22)4-6-14(11)15-5-3-12(21(23,24)25)10-17(15)29-19-18-16(7-8-30-18)20(28)27(2)26-19/h3-10H,1-2H3. The van der Waals surface area contributed by atoms with Gasteiger partial charge in [0.1, 0.15) is 16.3 Å². The molecule has 0 aliphatic rings. The van der Waals surface area contributed by atoms with Gasteiger partial charge < -0.3 is 4.74 Å². The molecule has 0 aliphatic heterocycles. The maximum Gasteiger partial charge on any atom is 0.416 e. The second-order valence-corrected chi connectivity index (χ2v) is 7.58. The molecule has 2 aromatic carbocycles. The highest BCUT2D eigenvalue weighted by Gasteiger charge is 2.32. The van der Waals surface area contributed by atoms with Crippen LogP contribution in [0.2, 0.25) is 0 Å². The minimum absolute atomic E-state index is 0.0161.